The monoisotopic (exact) mass is 407 g/mol. The quantitative estimate of drug-likeness (QED) is 0.740. The normalized spacial score (nSPS) is 11.7. The maximum atomic E-state index is 12.2. The molecular weight excluding hydrogens is 384 g/mol. The second-order valence-corrected chi connectivity index (χ2v) is 6.92. The van der Waals surface area contributed by atoms with Gasteiger partial charge in [-0.15, -0.1) is 0 Å². The summed E-state index contributed by atoms with van der Waals surface area (Å²) in [6, 6.07) is 11.5. The summed E-state index contributed by atoms with van der Waals surface area (Å²) in [7, 11) is 5.25. The molecule has 0 aromatic heterocycles. The Morgan fingerprint density at radius 1 is 1.16 bits per heavy atom. The predicted octanol–water partition coefficient (Wildman–Crippen LogP) is 2.43. The molecule has 25 heavy (non-hydrogen) atoms. The minimum Gasteiger partial charge on any atom is -0.493 e. The van der Waals surface area contributed by atoms with Crippen LogP contribution in [0.5, 0.6) is 11.5 Å². The van der Waals surface area contributed by atoms with Gasteiger partial charge in [0.1, 0.15) is 6.54 Å². The van der Waals surface area contributed by atoms with Gasteiger partial charge in [-0.3, -0.25) is 4.79 Å². The van der Waals surface area contributed by atoms with Crippen LogP contribution in [0.3, 0.4) is 0 Å². The average molecular weight is 408 g/mol. The number of rotatable bonds is 7. The molecule has 1 atom stereocenters. The molecule has 0 spiro atoms. The van der Waals surface area contributed by atoms with E-state index in [9.17, 15) is 4.79 Å². The van der Waals surface area contributed by atoms with Gasteiger partial charge in [0, 0.05) is 15.7 Å². The number of aryl methyl sites for hydroxylation is 1. The first-order valence-electron chi connectivity index (χ1n) is 8.01. The molecule has 0 aliphatic heterocycles. The Hall–Kier alpha value is -2.05. The number of benzene rings is 2. The van der Waals surface area contributed by atoms with Gasteiger partial charge in [0.2, 0.25) is 0 Å². The van der Waals surface area contributed by atoms with Crippen molar-refractivity contribution in [3.8, 4) is 11.5 Å². The van der Waals surface area contributed by atoms with E-state index in [2.05, 4.69) is 21.2 Å². The standard InChI is InChI=1S/C19H23BrN2O3/c1-13-8-17(24-3)18(25-4)9-14(13)11-22(2)12-19(23)21-16-7-5-6-15(20)10-16/h5-10H,11-12H2,1-4H3,(H,21,23)/p+1. The number of halogens is 1. The first-order chi connectivity index (χ1) is 11.9. The van der Waals surface area contributed by atoms with Gasteiger partial charge in [0.05, 0.1) is 21.3 Å². The van der Waals surface area contributed by atoms with Crippen molar-refractivity contribution in [2.75, 3.05) is 33.1 Å². The first-order valence-corrected chi connectivity index (χ1v) is 8.80. The summed E-state index contributed by atoms with van der Waals surface area (Å²) in [5.41, 5.74) is 3.03. The van der Waals surface area contributed by atoms with Crippen LogP contribution in [-0.2, 0) is 11.3 Å². The number of ether oxygens (including phenoxy) is 2. The van der Waals surface area contributed by atoms with Crippen molar-refractivity contribution in [1.29, 1.82) is 0 Å². The molecule has 2 rings (SSSR count). The Kier molecular flexibility index (Phi) is 6.84. The Morgan fingerprint density at radius 2 is 1.84 bits per heavy atom. The summed E-state index contributed by atoms with van der Waals surface area (Å²) in [5, 5.41) is 2.92. The lowest BCUT2D eigenvalue weighted by Gasteiger charge is -2.17. The number of likely N-dealkylation sites (N-methyl/N-ethyl adjacent to an activating group) is 1. The van der Waals surface area contributed by atoms with Crippen molar-refractivity contribution in [2.24, 2.45) is 0 Å². The molecule has 0 bridgehead atoms. The minimum atomic E-state index is -0.0197. The molecule has 0 radical (unpaired) electrons. The van der Waals surface area contributed by atoms with E-state index in [1.807, 2.05) is 50.4 Å². The molecule has 134 valence electrons. The summed E-state index contributed by atoms with van der Waals surface area (Å²) >= 11 is 3.40. The fourth-order valence-electron chi connectivity index (χ4n) is 2.65. The highest BCUT2D eigenvalue weighted by atomic mass is 79.9. The minimum absolute atomic E-state index is 0.0197. The zero-order valence-electron chi connectivity index (χ0n) is 15.0. The highest BCUT2D eigenvalue weighted by Crippen LogP contribution is 2.29. The van der Waals surface area contributed by atoms with Crippen molar-refractivity contribution in [3.05, 3.63) is 52.0 Å². The maximum Gasteiger partial charge on any atom is 0.279 e. The molecule has 6 heteroatoms. The zero-order valence-corrected chi connectivity index (χ0v) is 16.6. The topological polar surface area (TPSA) is 52.0 Å². The van der Waals surface area contributed by atoms with Gasteiger partial charge in [-0.25, -0.2) is 0 Å². The number of carbonyl (C=O) groups is 1. The van der Waals surface area contributed by atoms with Crippen LogP contribution in [-0.4, -0.2) is 33.7 Å². The third kappa shape index (κ3) is 5.47. The number of quaternary nitrogens is 1. The molecular formula is C19H24BrN2O3+. The molecule has 5 nitrogen and oxygen atoms in total. The zero-order chi connectivity index (χ0) is 18.4. The van der Waals surface area contributed by atoms with Gasteiger partial charge in [0.25, 0.3) is 5.91 Å². The van der Waals surface area contributed by atoms with Gasteiger partial charge >= 0.3 is 0 Å². The molecule has 0 saturated carbocycles. The van der Waals surface area contributed by atoms with Crippen molar-refractivity contribution < 1.29 is 19.2 Å². The van der Waals surface area contributed by atoms with Crippen LogP contribution in [0, 0.1) is 6.92 Å². The van der Waals surface area contributed by atoms with Crippen molar-refractivity contribution >= 4 is 27.5 Å². The number of anilines is 1. The van der Waals surface area contributed by atoms with Crippen LogP contribution < -0.4 is 19.7 Å². The molecule has 1 unspecified atom stereocenters. The number of hydrogen-bond acceptors (Lipinski definition) is 3. The fraction of sp³-hybridized carbons (Fsp3) is 0.316. The van der Waals surface area contributed by atoms with Crippen LogP contribution in [0.2, 0.25) is 0 Å². The summed E-state index contributed by atoms with van der Waals surface area (Å²) in [6.07, 6.45) is 0. The van der Waals surface area contributed by atoms with Gasteiger partial charge < -0.3 is 19.7 Å². The number of methoxy groups -OCH3 is 2. The smallest absolute Gasteiger partial charge is 0.279 e. The Morgan fingerprint density at radius 3 is 2.48 bits per heavy atom. The Bertz CT molecular complexity index is 749. The highest BCUT2D eigenvalue weighted by molar-refractivity contribution is 9.10. The number of carbonyl (C=O) groups excluding carboxylic acids is 1. The molecule has 2 aromatic rings. The summed E-state index contributed by atoms with van der Waals surface area (Å²) in [6.45, 7) is 3.13. The van der Waals surface area contributed by atoms with E-state index in [1.54, 1.807) is 14.2 Å². The number of nitrogens with one attached hydrogen (secondary N) is 2. The third-order valence-corrected chi connectivity index (χ3v) is 4.40. The van der Waals surface area contributed by atoms with E-state index in [0.29, 0.717) is 18.0 Å². The van der Waals surface area contributed by atoms with Crippen molar-refractivity contribution in [3.63, 3.8) is 0 Å². The molecule has 0 fully saturated rings. The second kappa shape index (κ2) is 8.87. The summed E-state index contributed by atoms with van der Waals surface area (Å²) in [4.78, 5) is 13.3. The van der Waals surface area contributed by atoms with Crippen LogP contribution in [0.1, 0.15) is 11.1 Å². The molecule has 0 aliphatic rings. The Labute approximate surface area is 157 Å². The van der Waals surface area contributed by atoms with Crippen LogP contribution >= 0.6 is 15.9 Å². The summed E-state index contributed by atoms with van der Waals surface area (Å²) in [5.74, 6) is 1.40. The van der Waals surface area contributed by atoms with Gasteiger partial charge in [-0.2, -0.15) is 0 Å². The predicted molar refractivity (Wildman–Crippen MR) is 103 cm³/mol. The summed E-state index contributed by atoms with van der Waals surface area (Å²) < 4.78 is 11.6. The van der Waals surface area contributed by atoms with E-state index in [-0.39, 0.29) is 5.91 Å². The lowest BCUT2D eigenvalue weighted by atomic mass is 10.1. The SMILES string of the molecule is COc1cc(C)c(C[NH+](C)CC(=O)Nc2cccc(Br)c2)cc1OC. The van der Waals surface area contributed by atoms with Crippen molar-refractivity contribution in [2.45, 2.75) is 13.5 Å². The first kappa shape index (κ1) is 19.3. The van der Waals surface area contributed by atoms with Gasteiger partial charge in [0.15, 0.2) is 18.0 Å². The molecule has 2 N–H and O–H groups in total. The van der Waals surface area contributed by atoms with Crippen LogP contribution in [0.25, 0.3) is 0 Å². The van der Waals surface area contributed by atoms with Crippen LogP contribution in [0.4, 0.5) is 5.69 Å². The lowest BCUT2D eigenvalue weighted by molar-refractivity contribution is -0.885. The second-order valence-electron chi connectivity index (χ2n) is 6.00. The maximum absolute atomic E-state index is 12.2. The third-order valence-electron chi connectivity index (χ3n) is 3.91. The van der Waals surface area contributed by atoms with Crippen molar-refractivity contribution in [1.82, 2.24) is 0 Å². The Balaban J connectivity index is 2.00. The van der Waals surface area contributed by atoms with E-state index >= 15 is 0 Å². The molecule has 0 saturated heterocycles. The van der Waals surface area contributed by atoms with Gasteiger partial charge in [-0.05, 0) is 42.8 Å². The number of hydrogen-bond donors (Lipinski definition) is 2. The van der Waals surface area contributed by atoms with E-state index < -0.39 is 0 Å². The van der Waals surface area contributed by atoms with E-state index in [1.165, 1.54) is 0 Å². The molecule has 0 heterocycles. The lowest BCUT2D eigenvalue weighted by Crippen LogP contribution is -3.08. The van der Waals surface area contributed by atoms with E-state index in [0.717, 1.165) is 32.7 Å². The highest BCUT2D eigenvalue weighted by Gasteiger charge is 2.15. The van der Waals surface area contributed by atoms with Crippen LogP contribution in [0.15, 0.2) is 40.9 Å². The molecule has 2 aromatic carbocycles. The number of amides is 1. The van der Waals surface area contributed by atoms with Gasteiger partial charge in [-0.1, -0.05) is 22.0 Å². The largest absolute Gasteiger partial charge is 0.493 e. The van der Waals surface area contributed by atoms with E-state index in [4.69, 9.17) is 9.47 Å². The molecule has 1 amide bonds. The fourth-order valence-corrected chi connectivity index (χ4v) is 3.05. The average Bonchev–Trinajstić information content (AvgIpc) is 2.56. The molecule has 0 aliphatic carbocycles.